The van der Waals surface area contributed by atoms with Crippen LogP contribution >= 0.6 is 11.6 Å². The number of nitro benzene ring substituents is 1. The van der Waals surface area contributed by atoms with Crippen LogP contribution in [0.15, 0.2) is 66.7 Å². The van der Waals surface area contributed by atoms with Gasteiger partial charge >= 0.3 is 0 Å². The number of amides is 2. The van der Waals surface area contributed by atoms with Crippen molar-refractivity contribution >= 4 is 46.4 Å². The molecule has 1 spiro atoms. The van der Waals surface area contributed by atoms with Gasteiger partial charge in [0.15, 0.2) is 0 Å². The molecule has 2 fully saturated rings. The minimum Gasteiger partial charge on any atom is -0.494 e. The van der Waals surface area contributed by atoms with E-state index in [2.05, 4.69) is 0 Å². The zero-order valence-electron chi connectivity index (χ0n) is 19.6. The highest BCUT2D eigenvalue weighted by Gasteiger charge is 2.74. The largest absolute Gasteiger partial charge is 0.494 e. The number of Topliss-reactive ketones (excluding diaryl/α,β-unsaturated/α-hetero) is 2. The molecule has 1 aliphatic carbocycles. The van der Waals surface area contributed by atoms with E-state index in [0.29, 0.717) is 10.6 Å². The summed E-state index contributed by atoms with van der Waals surface area (Å²) in [6.07, 6.45) is -1.12. The molecule has 2 saturated heterocycles. The molecule has 6 rings (SSSR count). The third-order valence-corrected chi connectivity index (χ3v) is 7.58. The van der Waals surface area contributed by atoms with Gasteiger partial charge in [0, 0.05) is 22.2 Å². The molecule has 0 N–H and O–H groups in total. The van der Waals surface area contributed by atoms with Crippen LogP contribution in [0.1, 0.15) is 32.4 Å². The number of imide groups is 1. The van der Waals surface area contributed by atoms with Crippen molar-refractivity contribution in [3.05, 3.63) is 98.6 Å². The van der Waals surface area contributed by atoms with Gasteiger partial charge in [0.05, 0.1) is 41.7 Å². The predicted molar refractivity (Wildman–Crippen MR) is 132 cm³/mol. The van der Waals surface area contributed by atoms with Crippen molar-refractivity contribution in [3.63, 3.8) is 0 Å². The number of carbonyl (C=O) groups excluding carboxylic acids is 4. The third kappa shape index (κ3) is 3.04. The average molecular weight is 533 g/mol. The minimum atomic E-state index is -2.24. The van der Waals surface area contributed by atoms with Crippen LogP contribution in [0.3, 0.4) is 0 Å². The van der Waals surface area contributed by atoms with Gasteiger partial charge in [0.2, 0.25) is 29.0 Å². The number of non-ortho nitro benzene ring substituents is 1. The molecule has 0 saturated carbocycles. The molecule has 190 valence electrons. The van der Waals surface area contributed by atoms with E-state index >= 15 is 0 Å². The number of fused-ring (bicyclic) bond motifs is 3. The summed E-state index contributed by atoms with van der Waals surface area (Å²) < 4.78 is 11.5. The molecule has 10 nitrogen and oxygen atoms in total. The molecule has 3 aromatic carbocycles. The van der Waals surface area contributed by atoms with Gasteiger partial charge in [-0.1, -0.05) is 48.0 Å². The summed E-state index contributed by atoms with van der Waals surface area (Å²) >= 11 is 6.04. The highest BCUT2D eigenvalue weighted by molar-refractivity contribution is 6.37. The molecule has 0 aromatic heterocycles. The number of nitro groups is 1. The van der Waals surface area contributed by atoms with Crippen LogP contribution in [-0.2, 0) is 14.3 Å². The average Bonchev–Trinajstić information content (AvgIpc) is 3.48. The fraction of sp³-hybridized carbons (Fsp3) is 0.185. The number of methoxy groups -OCH3 is 1. The van der Waals surface area contributed by atoms with Crippen LogP contribution in [0.5, 0.6) is 5.75 Å². The fourth-order valence-corrected chi connectivity index (χ4v) is 5.80. The Morgan fingerprint density at radius 1 is 0.947 bits per heavy atom. The van der Waals surface area contributed by atoms with E-state index in [4.69, 9.17) is 21.1 Å². The number of halogens is 1. The number of anilines is 1. The lowest BCUT2D eigenvalue weighted by Crippen LogP contribution is -2.51. The van der Waals surface area contributed by atoms with Crippen molar-refractivity contribution in [2.45, 2.75) is 11.7 Å². The van der Waals surface area contributed by atoms with E-state index in [1.165, 1.54) is 25.3 Å². The topological polar surface area (TPSA) is 133 Å². The summed E-state index contributed by atoms with van der Waals surface area (Å²) in [4.78, 5) is 67.0. The van der Waals surface area contributed by atoms with Crippen LogP contribution in [0.25, 0.3) is 0 Å². The standard InChI is InChI=1S/C27H17ClN2O8/c1-37-19-12-15(30(35)36)10-11-18(19)29-25(33)20-21(26(29)34)27(38-22(20)13-6-8-14(28)9-7-13)23(31)16-4-2-3-5-17(16)24(27)32/h2-12,20-22H,1H3/t20-,21-,22-/m0/s1. The molecule has 38 heavy (non-hydrogen) atoms. The first-order valence-corrected chi connectivity index (χ1v) is 11.9. The highest BCUT2D eigenvalue weighted by Crippen LogP contribution is 2.58. The van der Waals surface area contributed by atoms with Crippen LogP contribution in [0, 0.1) is 22.0 Å². The van der Waals surface area contributed by atoms with E-state index in [0.717, 1.165) is 17.0 Å². The Balaban J connectivity index is 1.54. The van der Waals surface area contributed by atoms with Gasteiger partial charge in [-0.15, -0.1) is 0 Å². The number of hydrogen-bond acceptors (Lipinski definition) is 8. The molecule has 2 aliphatic heterocycles. The van der Waals surface area contributed by atoms with Gasteiger partial charge < -0.3 is 9.47 Å². The molecular weight excluding hydrogens is 516 g/mol. The molecule has 3 aliphatic rings. The number of benzene rings is 3. The number of ketones is 2. The Morgan fingerprint density at radius 3 is 2.16 bits per heavy atom. The molecule has 2 amide bonds. The molecule has 11 heteroatoms. The molecule has 0 unspecified atom stereocenters. The zero-order valence-corrected chi connectivity index (χ0v) is 20.4. The maximum absolute atomic E-state index is 14.0. The molecule has 0 bridgehead atoms. The lowest BCUT2D eigenvalue weighted by atomic mass is 9.77. The monoisotopic (exact) mass is 532 g/mol. The number of nitrogens with zero attached hydrogens (tertiary/aromatic N) is 2. The summed E-state index contributed by atoms with van der Waals surface area (Å²) in [6.45, 7) is 0. The molecule has 3 atom stereocenters. The van der Waals surface area contributed by atoms with Crippen molar-refractivity contribution in [1.82, 2.24) is 0 Å². The number of hydrogen-bond donors (Lipinski definition) is 0. The molecule has 0 radical (unpaired) electrons. The van der Waals surface area contributed by atoms with Crippen molar-refractivity contribution in [3.8, 4) is 5.75 Å². The highest BCUT2D eigenvalue weighted by atomic mass is 35.5. The second-order valence-corrected chi connectivity index (χ2v) is 9.59. The first-order chi connectivity index (χ1) is 18.2. The molecule has 2 heterocycles. The summed E-state index contributed by atoms with van der Waals surface area (Å²) in [7, 11) is 1.25. The number of ether oxygens (including phenoxy) is 2. The van der Waals surface area contributed by atoms with Gasteiger partial charge in [-0.2, -0.15) is 0 Å². The maximum Gasteiger partial charge on any atom is 0.273 e. The van der Waals surface area contributed by atoms with E-state index in [9.17, 15) is 29.3 Å². The van der Waals surface area contributed by atoms with Crippen LogP contribution in [-0.4, -0.2) is 41.0 Å². The normalized spacial score (nSPS) is 23.2. The summed E-state index contributed by atoms with van der Waals surface area (Å²) in [5, 5.41) is 11.7. The number of carbonyl (C=O) groups is 4. The Labute approximate surface area is 219 Å². The lowest BCUT2D eigenvalue weighted by Gasteiger charge is -2.27. The first kappa shape index (κ1) is 24.0. The predicted octanol–water partition coefficient (Wildman–Crippen LogP) is 3.95. The van der Waals surface area contributed by atoms with Crippen LogP contribution < -0.4 is 9.64 Å². The summed E-state index contributed by atoms with van der Waals surface area (Å²) in [6, 6.07) is 16.0. The van der Waals surface area contributed by atoms with Gasteiger partial charge in [0.25, 0.3) is 5.69 Å². The summed E-state index contributed by atoms with van der Waals surface area (Å²) in [5.74, 6) is -5.73. The van der Waals surface area contributed by atoms with Crippen molar-refractivity contribution in [2.75, 3.05) is 12.0 Å². The van der Waals surface area contributed by atoms with E-state index in [1.54, 1.807) is 36.4 Å². The quantitative estimate of drug-likeness (QED) is 0.213. The first-order valence-electron chi connectivity index (χ1n) is 11.5. The Morgan fingerprint density at radius 2 is 1.58 bits per heavy atom. The minimum absolute atomic E-state index is 0.0390. The van der Waals surface area contributed by atoms with E-state index in [1.807, 2.05) is 0 Å². The zero-order chi connectivity index (χ0) is 26.9. The lowest BCUT2D eigenvalue weighted by molar-refractivity contribution is -0.384. The van der Waals surface area contributed by atoms with Gasteiger partial charge in [0.1, 0.15) is 5.75 Å². The second-order valence-electron chi connectivity index (χ2n) is 9.16. The van der Waals surface area contributed by atoms with Gasteiger partial charge in [-0.05, 0) is 23.8 Å². The van der Waals surface area contributed by atoms with Gasteiger partial charge in [-0.25, -0.2) is 4.90 Å². The Kier molecular flexibility index (Phi) is 5.23. The molecular formula is C27H17ClN2O8. The van der Waals surface area contributed by atoms with E-state index < -0.39 is 51.8 Å². The molecule has 3 aromatic rings. The van der Waals surface area contributed by atoms with E-state index in [-0.39, 0.29) is 28.3 Å². The van der Waals surface area contributed by atoms with Crippen molar-refractivity contribution < 1.29 is 33.6 Å². The Bertz CT molecular complexity index is 1550. The fourth-order valence-electron chi connectivity index (χ4n) is 5.67. The Hall–Kier alpha value is -4.41. The summed E-state index contributed by atoms with van der Waals surface area (Å²) in [5.41, 5.74) is -1.91. The van der Waals surface area contributed by atoms with Crippen molar-refractivity contribution in [2.24, 2.45) is 11.8 Å². The third-order valence-electron chi connectivity index (χ3n) is 7.33. The SMILES string of the molecule is COc1cc([N+](=O)[O-])ccc1N1C(=O)[C@H]2[C@@H](C1=O)C1(O[C@H]2c2ccc(Cl)cc2)C(=O)c2ccccc2C1=O. The number of rotatable bonds is 4. The smallest absolute Gasteiger partial charge is 0.273 e. The van der Waals surface area contributed by atoms with Crippen LogP contribution in [0.4, 0.5) is 11.4 Å². The maximum atomic E-state index is 14.0. The van der Waals surface area contributed by atoms with Gasteiger partial charge in [-0.3, -0.25) is 29.3 Å². The van der Waals surface area contributed by atoms with Crippen molar-refractivity contribution in [1.29, 1.82) is 0 Å². The second kappa shape index (κ2) is 8.30. The van der Waals surface area contributed by atoms with Crippen LogP contribution in [0.2, 0.25) is 5.02 Å².